The van der Waals surface area contributed by atoms with Gasteiger partial charge in [0.1, 0.15) is 11.4 Å². The summed E-state index contributed by atoms with van der Waals surface area (Å²) in [4.78, 5) is 27.9. The summed E-state index contributed by atoms with van der Waals surface area (Å²) in [7, 11) is 1.56. The quantitative estimate of drug-likeness (QED) is 0.592. The molecule has 0 saturated carbocycles. The Labute approximate surface area is 134 Å². The van der Waals surface area contributed by atoms with Gasteiger partial charge in [-0.2, -0.15) is 4.39 Å². The van der Waals surface area contributed by atoms with Gasteiger partial charge in [-0.3, -0.25) is 14.9 Å². The molecule has 23 heavy (non-hydrogen) atoms. The maximum atomic E-state index is 13.0. The van der Waals surface area contributed by atoms with Crippen molar-refractivity contribution >= 4 is 33.2 Å². The normalized spacial score (nSPS) is 10.5. The van der Waals surface area contributed by atoms with Crippen LogP contribution in [0.15, 0.2) is 42.5 Å². The van der Waals surface area contributed by atoms with Gasteiger partial charge in [0.05, 0.1) is 12.0 Å². The minimum atomic E-state index is -0.779. The van der Waals surface area contributed by atoms with Gasteiger partial charge in [-0.1, -0.05) is 6.07 Å². The highest BCUT2D eigenvalue weighted by Gasteiger charge is 2.16. The lowest BCUT2D eigenvalue weighted by Crippen LogP contribution is -2.30. The van der Waals surface area contributed by atoms with E-state index >= 15 is 0 Å². The average Bonchev–Trinajstić information content (AvgIpc) is 2.97. The number of hydrogen-bond acceptors (Lipinski definition) is 5. The molecule has 3 rings (SSSR count). The van der Waals surface area contributed by atoms with E-state index in [9.17, 15) is 14.0 Å². The van der Waals surface area contributed by atoms with Crippen LogP contribution >= 0.6 is 11.3 Å². The van der Waals surface area contributed by atoms with E-state index in [2.05, 4.69) is 10.3 Å². The first kappa shape index (κ1) is 15.1. The second-order valence-electron chi connectivity index (χ2n) is 4.64. The number of aromatic nitrogens is 1. The van der Waals surface area contributed by atoms with Crippen LogP contribution in [0.25, 0.3) is 10.1 Å². The van der Waals surface area contributed by atoms with E-state index in [4.69, 9.17) is 4.74 Å². The molecule has 1 N–H and O–H groups in total. The molecular formula is C16H11FN2O3S. The van der Waals surface area contributed by atoms with Crippen molar-refractivity contribution < 1.29 is 18.7 Å². The molecule has 2 heterocycles. The lowest BCUT2D eigenvalue weighted by Gasteiger charge is -2.01. The molecule has 116 valence electrons. The topological polar surface area (TPSA) is 68.3 Å². The summed E-state index contributed by atoms with van der Waals surface area (Å²) in [6.45, 7) is 0. The lowest BCUT2D eigenvalue weighted by molar-refractivity contribution is 0.0848. The number of nitrogens with one attached hydrogen (secondary N) is 1. The Morgan fingerprint density at radius 3 is 2.74 bits per heavy atom. The van der Waals surface area contributed by atoms with Gasteiger partial charge in [0.2, 0.25) is 5.95 Å². The zero-order valence-electron chi connectivity index (χ0n) is 12.0. The van der Waals surface area contributed by atoms with Crippen LogP contribution in [0.3, 0.4) is 0 Å². The maximum absolute atomic E-state index is 13.0. The third-order valence-corrected chi connectivity index (χ3v) is 4.24. The molecule has 0 bridgehead atoms. The molecule has 0 fully saturated rings. The molecule has 0 saturated heterocycles. The number of thiophene rings is 1. The lowest BCUT2D eigenvalue weighted by atomic mass is 10.2. The summed E-state index contributed by atoms with van der Waals surface area (Å²) < 4.78 is 19.0. The van der Waals surface area contributed by atoms with E-state index in [0.29, 0.717) is 10.6 Å². The molecule has 0 aliphatic rings. The van der Waals surface area contributed by atoms with Crippen molar-refractivity contribution in [2.24, 2.45) is 0 Å². The number of methoxy groups -OCH3 is 1. The summed E-state index contributed by atoms with van der Waals surface area (Å²) in [6, 6.07) is 10.9. The van der Waals surface area contributed by atoms with Crippen molar-refractivity contribution in [2.75, 3.05) is 7.11 Å². The number of benzene rings is 1. The highest BCUT2D eigenvalue weighted by Crippen LogP contribution is 2.28. The van der Waals surface area contributed by atoms with E-state index in [1.807, 2.05) is 6.07 Å². The third kappa shape index (κ3) is 3.19. The summed E-state index contributed by atoms with van der Waals surface area (Å²) in [6.07, 6.45) is 0. The Morgan fingerprint density at radius 2 is 2.00 bits per heavy atom. The fourth-order valence-corrected chi connectivity index (χ4v) is 2.96. The van der Waals surface area contributed by atoms with E-state index in [1.54, 1.807) is 25.3 Å². The van der Waals surface area contributed by atoms with Gasteiger partial charge in [-0.05, 0) is 41.8 Å². The van der Waals surface area contributed by atoms with Gasteiger partial charge in [-0.15, -0.1) is 11.3 Å². The molecule has 3 aromatic rings. The molecule has 2 amide bonds. The number of imide groups is 1. The van der Waals surface area contributed by atoms with Gasteiger partial charge < -0.3 is 4.74 Å². The van der Waals surface area contributed by atoms with Crippen LogP contribution in [-0.4, -0.2) is 23.9 Å². The van der Waals surface area contributed by atoms with Crippen molar-refractivity contribution in [1.29, 1.82) is 0 Å². The zero-order valence-corrected chi connectivity index (χ0v) is 12.8. The van der Waals surface area contributed by atoms with Crippen LogP contribution in [0.2, 0.25) is 0 Å². The van der Waals surface area contributed by atoms with Crippen LogP contribution in [0.4, 0.5) is 4.39 Å². The van der Waals surface area contributed by atoms with Crippen LogP contribution < -0.4 is 10.1 Å². The highest BCUT2D eigenvalue weighted by atomic mass is 32.1. The zero-order chi connectivity index (χ0) is 16.4. The number of hydrogen-bond donors (Lipinski definition) is 1. The average molecular weight is 330 g/mol. The number of pyridine rings is 1. The molecule has 0 radical (unpaired) electrons. The Balaban J connectivity index is 1.81. The van der Waals surface area contributed by atoms with Gasteiger partial charge in [0.15, 0.2) is 0 Å². The summed E-state index contributed by atoms with van der Waals surface area (Å²) in [5.74, 6) is -1.40. The third-order valence-electron chi connectivity index (χ3n) is 3.12. The molecule has 0 aliphatic carbocycles. The molecule has 5 nitrogen and oxygen atoms in total. The number of rotatable bonds is 3. The number of halogens is 1. The largest absolute Gasteiger partial charge is 0.497 e. The molecule has 1 aromatic carbocycles. The SMILES string of the molecule is COc1ccc2sc(C(=O)NC(=O)c3cccc(F)n3)cc2c1. The van der Waals surface area contributed by atoms with E-state index < -0.39 is 17.8 Å². The minimum absolute atomic E-state index is 0.152. The second kappa shape index (κ2) is 6.13. The molecular weight excluding hydrogens is 319 g/mol. The van der Waals surface area contributed by atoms with Crippen molar-refractivity contribution in [3.8, 4) is 5.75 Å². The highest BCUT2D eigenvalue weighted by molar-refractivity contribution is 7.20. The molecule has 0 aliphatic heterocycles. The first-order chi connectivity index (χ1) is 11.1. The van der Waals surface area contributed by atoms with E-state index in [0.717, 1.165) is 16.2 Å². The van der Waals surface area contributed by atoms with E-state index in [1.165, 1.54) is 23.5 Å². The number of fused-ring (bicyclic) bond motifs is 1. The first-order valence-electron chi connectivity index (χ1n) is 6.62. The van der Waals surface area contributed by atoms with Crippen LogP contribution in [-0.2, 0) is 0 Å². The Kier molecular flexibility index (Phi) is 4.03. The number of amides is 2. The van der Waals surface area contributed by atoms with Gasteiger partial charge in [-0.25, -0.2) is 4.98 Å². The number of carbonyl (C=O) groups excluding carboxylic acids is 2. The van der Waals surface area contributed by atoms with Crippen molar-refractivity contribution in [2.45, 2.75) is 0 Å². The summed E-state index contributed by atoms with van der Waals surface area (Å²) >= 11 is 1.25. The van der Waals surface area contributed by atoms with Crippen LogP contribution in [0.1, 0.15) is 20.2 Å². The predicted octanol–water partition coefficient (Wildman–Crippen LogP) is 3.01. The molecule has 0 atom stereocenters. The van der Waals surface area contributed by atoms with Crippen molar-refractivity contribution in [1.82, 2.24) is 10.3 Å². The predicted molar refractivity (Wildman–Crippen MR) is 84.4 cm³/mol. The summed E-state index contributed by atoms with van der Waals surface area (Å²) in [5, 5.41) is 3.04. The van der Waals surface area contributed by atoms with Gasteiger partial charge in [0, 0.05) is 4.70 Å². The minimum Gasteiger partial charge on any atom is -0.497 e. The maximum Gasteiger partial charge on any atom is 0.276 e. The Hall–Kier alpha value is -2.80. The Bertz CT molecular complexity index is 907. The standard InChI is InChI=1S/C16H11FN2O3S/c1-22-10-5-6-12-9(7-10)8-13(23-12)16(21)19-15(20)11-3-2-4-14(17)18-11/h2-8H,1H3,(H,19,20,21). The fraction of sp³-hybridized carbons (Fsp3) is 0.0625. The van der Waals surface area contributed by atoms with Gasteiger partial charge >= 0.3 is 0 Å². The fourth-order valence-electron chi connectivity index (χ4n) is 2.02. The molecule has 2 aromatic heterocycles. The first-order valence-corrected chi connectivity index (χ1v) is 7.44. The number of ether oxygens (including phenoxy) is 1. The van der Waals surface area contributed by atoms with Crippen molar-refractivity contribution in [3.05, 3.63) is 59.0 Å². The molecule has 0 unspecified atom stereocenters. The second-order valence-corrected chi connectivity index (χ2v) is 5.73. The Morgan fingerprint density at radius 1 is 1.17 bits per heavy atom. The monoisotopic (exact) mass is 330 g/mol. The molecule has 0 spiro atoms. The van der Waals surface area contributed by atoms with Crippen LogP contribution in [0.5, 0.6) is 5.75 Å². The van der Waals surface area contributed by atoms with Crippen LogP contribution in [0, 0.1) is 5.95 Å². The smallest absolute Gasteiger partial charge is 0.276 e. The molecule has 7 heteroatoms. The van der Waals surface area contributed by atoms with Crippen molar-refractivity contribution in [3.63, 3.8) is 0 Å². The van der Waals surface area contributed by atoms with E-state index in [-0.39, 0.29) is 5.69 Å². The number of carbonyl (C=O) groups is 2. The number of nitrogens with zero attached hydrogens (tertiary/aromatic N) is 1. The van der Waals surface area contributed by atoms with Gasteiger partial charge in [0.25, 0.3) is 11.8 Å². The summed E-state index contributed by atoms with van der Waals surface area (Å²) in [5.41, 5.74) is -0.152.